The van der Waals surface area contributed by atoms with Gasteiger partial charge in [-0.3, -0.25) is 0 Å². The van der Waals surface area contributed by atoms with E-state index in [0.29, 0.717) is 0 Å². The van der Waals surface area contributed by atoms with Gasteiger partial charge < -0.3 is 10.1 Å². The maximum absolute atomic E-state index is 5.16. The molecule has 4 aromatic rings. The SMILES string of the molecule is COc1ccc(Nc2nn3cc(-c4ccccc4)nc3s2)cc1. The smallest absolute Gasteiger partial charge is 0.214 e. The molecule has 0 amide bonds. The van der Waals surface area contributed by atoms with Crippen LogP contribution in [0, 0.1) is 0 Å². The molecule has 2 aromatic heterocycles. The van der Waals surface area contributed by atoms with Gasteiger partial charge in [0.25, 0.3) is 0 Å². The Morgan fingerprint density at radius 1 is 1.04 bits per heavy atom. The van der Waals surface area contributed by atoms with E-state index in [4.69, 9.17) is 4.74 Å². The number of methoxy groups -OCH3 is 1. The van der Waals surface area contributed by atoms with E-state index in [1.165, 1.54) is 11.3 Å². The molecule has 114 valence electrons. The van der Waals surface area contributed by atoms with Gasteiger partial charge >= 0.3 is 0 Å². The first-order valence-corrected chi connectivity index (χ1v) is 7.96. The number of benzene rings is 2. The van der Waals surface area contributed by atoms with Crippen molar-refractivity contribution in [1.29, 1.82) is 0 Å². The molecule has 1 N–H and O–H groups in total. The van der Waals surface area contributed by atoms with Crippen LogP contribution in [-0.2, 0) is 0 Å². The Morgan fingerprint density at radius 3 is 2.52 bits per heavy atom. The lowest BCUT2D eigenvalue weighted by molar-refractivity contribution is 0.415. The lowest BCUT2D eigenvalue weighted by Gasteiger charge is -2.03. The summed E-state index contributed by atoms with van der Waals surface area (Å²) in [5, 5.41) is 8.61. The zero-order valence-electron chi connectivity index (χ0n) is 12.4. The molecule has 0 radical (unpaired) electrons. The third-order valence-electron chi connectivity index (χ3n) is 3.45. The van der Waals surface area contributed by atoms with Crippen molar-refractivity contribution in [2.45, 2.75) is 0 Å². The van der Waals surface area contributed by atoms with Crippen molar-refractivity contribution in [3.05, 3.63) is 60.8 Å². The van der Waals surface area contributed by atoms with Gasteiger partial charge in [-0.15, -0.1) is 5.10 Å². The summed E-state index contributed by atoms with van der Waals surface area (Å²) in [5.74, 6) is 0.831. The van der Waals surface area contributed by atoms with Crippen LogP contribution < -0.4 is 10.1 Å². The van der Waals surface area contributed by atoms with Gasteiger partial charge in [-0.1, -0.05) is 41.7 Å². The zero-order valence-corrected chi connectivity index (χ0v) is 13.2. The van der Waals surface area contributed by atoms with Crippen LogP contribution in [-0.4, -0.2) is 21.7 Å². The molecule has 0 saturated heterocycles. The molecule has 0 atom stereocenters. The Kier molecular flexibility index (Phi) is 3.44. The molecule has 0 aliphatic rings. The number of nitrogens with one attached hydrogen (secondary N) is 1. The van der Waals surface area contributed by atoms with Crippen LogP contribution in [0.15, 0.2) is 60.8 Å². The molecule has 0 bridgehead atoms. The van der Waals surface area contributed by atoms with Gasteiger partial charge in [-0.2, -0.15) is 0 Å². The molecule has 0 unspecified atom stereocenters. The molecule has 0 spiro atoms. The minimum absolute atomic E-state index is 0.803. The molecule has 6 heteroatoms. The van der Waals surface area contributed by atoms with E-state index < -0.39 is 0 Å². The van der Waals surface area contributed by atoms with Gasteiger partial charge in [0.15, 0.2) is 0 Å². The predicted molar refractivity (Wildman–Crippen MR) is 92.6 cm³/mol. The minimum atomic E-state index is 0.803. The van der Waals surface area contributed by atoms with Crippen LogP contribution >= 0.6 is 11.3 Å². The van der Waals surface area contributed by atoms with Crippen LogP contribution in [0.1, 0.15) is 0 Å². The van der Waals surface area contributed by atoms with Crippen molar-refractivity contribution >= 4 is 27.1 Å². The van der Waals surface area contributed by atoms with Gasteiger partial charge in [-0.25, -0.2) is 9.50 Å². The lowest BCUT2D eigenvalue weighted by Crippen LogP contribution is -1.91. The molecular formula is C17H14N4OS. The van der Waals surface area contributed by atoms with Crippen LogP contribution in [0.5, 0.6) is 5.75 Å². The predicted octanol–water partition coefficient (Wildman–Crippen LogP) is 4.21. The average Bonchev–Trinajstić information content (AvgIpc) is 3.15. The number of ether oxygens (including phenoxy) is 1. The van der Waals surface area contributed by atoms with E-state index in [9.17, 15) is 0 Å². The van der Waals surface area contributed by atoms with Gasteiger partial charge in [0.2, 0.25) is 10.1 Å². The van der Waals surface area contributed by atoms with E-state index >= 15 is 0 Å². The summed E-state index contributed by atoms with van der Waals surface area (Å²) in [7, 11) is 1.66. The topological polar surface area (TPSA) is 51.5 Å². The van der Waals surface area contributed by atoms with Crippen molar-refractivity contribution in [2.75, 3.05) is 12.4 Å². The van der Waals surface area contributed by atoms with Crippen molar-refractivity contribution in [3.63, 3.8) is 0 Å². The Bertz CT molecular complexity index is 897. The lowest BCUT2D eigenvalue weighted by atomic mass is 10.2. The fraction of sp³-hybridized carbons (Fsp3) is 0.0588. The summed E-state index contributed by atoms with van der Waals surface area (Å²) in [4.78, 5) is 5.49. The molecule has 5 nitrogen and oxygen atoms in total. The first-order chi connectivity index (χ1) is 11.3. The number of imidazole rings is 1. The molecule has 0 aliphatic heterocycles. The Morgan fingerprint density at radius 2 is 1.83 bits per heavy atom. The van der Waals surface area contributed by atoms with Crippen molar-refractivity contribution in [1.82, 2.24) is 14.6 Å². The Labute approximate surface area is 137 Å². The molecule has 2 heterocycles. The summed E-state index contributed by atoms with van der Waals surface area (Å²) in [6.45, 7) is 0. The first-order valence-electron chi connectivity index (χ1n) is 7.14. The summed E-state index contributed by atoms with van der Waals surface area (Å²) >= 11 is 1.52. The van der Waals surface area contributed by atoms with Crippen molar-refractivity contribution in [3.8, 4) is 17.0 Å². The third kappa shape index (κ3) is 2.76. The molecule has 23 heavy (non-hydrogen) atoms. The van der Waals surface area contributed by atoms with E-state index in [1.807, 2.05) is 60.8 Å². The number of nitrogens with zero attached hydrogens (tertiary/aromatic N) is 3. The second-order valence-corrected chi connectivity index (χ2v) is 5.94. The maximum Gasteiger partial charge on any atom is 0.214 e. The summed E-state index contributed by atoms with van der Waals surface area (Å²) < 4.78 is 6.96. The Hall–Kier alpha value is -2.86. The van der Waals surface area contributed by atoms with E-state index in [-0.39, 0.29) is 0 Å². The van der Waals surface area contributed by atoms with Crippen molar-refractivity contribution in [2.24, 2.45) is 0 Å². The van der Waals surface area contributed by atoms with Gasteiger partial charge in [0.1, 0.15) is 5.75 Å². The van der Waals surface area contributed by atoms with Crippen LogP contribution in [0.2, 0.25) is 0 Å². The molecule has 2 aromatic carbocycles. The molecule has 4 rings (SSSR count). The fourth-order valence-corrected chi connectivity index (χ4v) is 3.10. The normalized spacial score (nSPS) is 10.8. The third-order valence-corrected chi connectivity index (χ3v) is 4.29. The number of hydrogen-bond donors (Lipinski definition) is 1. The highest BCUT2D eigenvalue weighted by atomic mass is 32.1. The number of aromatic nitrogens is 3. The molecule has 0 aliphatic carbocycles. The highest BCUT2D eigenvalue weighted by Gasteiger charge is 2.09. The van der Waals surface area contributed by atoms with E-state index in [1.54, 1.807) is 11.6 Å². The van der Waals surface area contributed by atoms with Gasteiger partial charge in [-0.05, 0) is 24.3 Å². The highest BCUT2D eigenvalue weighted by Crippen LogP contribution is 2.27. The maximum atomic E-state index is 5.16. The van der Waals surface area contributed by atoms with Crippen LogP contribution in [0.25, 0.3) is 16.2 Å². The zero-order chi connectivity index (χ0) is 15.6. The summed E-state index contributed by atoms with van der Waals surface area (Å²) in [5.41, 5.74) is 2.99. The van der Waals surface area contributed by atoms with E-state index in [2.05, 4.69) is 15.4 Å². The fourth-order valence-electron chi connectivity index (χ4n) is 2.30. The van der Waals surface area contributed by atoms with Crippen molar-refractivity contribution < 1.29 is 4.74 Å². The summed E-state index contributed by atoms with van der Waals surface area (Å²) in [6, 6.07) is 17.8. The molecular weight excluding hydrogens is 308 g/mol. The minimum Gasteiger partial charge on any atom is -0.497 e. The standard InChI is InChI=1S/C17H14N4OS/c1-22-14-9-7-13(8-10-14)18-16-20-21-11-15(19-17(21)23-16)12-5-3-2-4-6-12/h2-11H,1H3,(H,18,20). The number of rotatable bonds is 4. The largest absolute Gasteiger partial charge is 0.497 e. The van der Waals surface area contributed by atoms with Crippen LogP contribution in [0.4, 0.5) is 10.8 Å². The average molecular weight is 322 g/mol. The number of fused-ring (bicyclic) bond motifs is 1. The van der Waals surface area contributed by atoms with E-state index in [0.717, 1.165) is 32.8 Å². The quantitative estimate of drug-likeness (QED) is 0.611. The second-order valence-electron chi connectivity index (χ2n) is 4.98. The van der Waals surface area contributed by atoms with Gasteiger partial charge in [0.05, 0.1) is 19.0 Å². The molecule has 0 saturated carbocycles. The number of hydrogen-bond acceptors (Lipinski definition) is 5. The second kappa shape index (κ2) is 5.73. The monoisotopic (exact) mass is 322 g/mol. The Balaban J connectivity index is 1.58. The summed E-state index contributed by atoms with van der Waals surface area (Å²) in [6.07, 6.45) is 1.94. The first kappa shape index (κ1) is 13.8. The van der Waals surface area contributed by atoms with Crippen LogP contribution in [0.3, 0.4) is 0 Å². The van der Waals surface area contributed by atoms with Gasteiger partial charge in [0, 0.05) is 11.3 Å². The highest BCUT2D eigenvalue weighted by molar-refractivity contribution is 7.20. The number of anilines is 2. The molecule has 0 fully saturated rings.